The lowest BCUT2D eigenvalue weighted by molar-refractivity contribution is -0.107. The Morgan fingerprint density at radius 3 is 2.81 bits per heavy atom. The molecule has 0 spiro atoms. The van der Waals surface area contributed by atoms with Crippen molar-refractivity contribution in [1.82, 2.24) is 0 Å². The van der Waals surface area contributed by atoms with Crippen LogP contribution in [0.5, 0.6) is 0 Å². The molecule has 0 saturated carbocycles. The fourth-order valence-corrected chi connectivity index (χ4v) is 1.36. The maximum atomic E-state index is 11.3. The Kier molecular flexibility index (Phi) is 4.22. The number of nitriles is 1. The SMILES string of the molecule is COC(=O)c1cc(C#N)cc(CCC=O)c1. The maximum Gasteiger partial charge on any atom is 0.337 e. The quantitative estimate of drug-likeness (QED) is 0.565. The number of nitrogens with zero attached hydrogens (tertiary/aromatic N) is 1. The van der Waals surface area contributed by atoms with Gasteiger partial charge in [-0.25, -0.2) is 4.79 Å². The molecule has 0 aliphatic carbocycles. The lowest BCUT2D eigenvalue weighted by atomic mass is 10.0. The van der Waals surface area contributed by atoms with Gasteiger partial charge in [0.05, 0.1) is 24.3 Å². The third-order valence-electron chi connectivity index (χ3n) is 2.09. The van der Waals surface area contributed by atoms with E-state index in [1.807, 2.05) is 6.07 Å². The molecule has 0 radical (unpaired) electrons. The van der Waals surface area contributed by atoms with Gasteiger partial charge in [-0.3, -0.25) is 0 Å². The topological polar surface area (TPSA) is 67.2 Å². The van der Waals surface area contributed by atoms with Gasteiger partial charge in [0.15, 0.2) is 0 Å². The molecule has 4 heteroatoms. The van der Waals surface area contributed by atoms with E-state index in [-0.39, 0.29) is 0 Å². The summed E-state index contributed by atoms with van der Waals surface area (Å²) >= 11 is 0. The van der Waals surface area contributed by atoms with Crippen LogP contribution in [0.4, 0.5) is 0 Å². The van der Waals surface area contributed by atoms with Crippen LogP contribution in [-0.2, 0) is 16.0 Å². The largest absolute Gasteiger partial charge is 0.465 e. The maximum absolute atomic E-state index is 11.3. The van der Waals surface area contributed by atoms with Crippen LogP contribution in [0.2, 0.25) is 0 Å². The number of esters is 1. The monoisotopic (exact) mass is 217 g/mol. The van der Waals surface area contributed by atoms with E-state index >= 15 is 0 Å². The average molecular weight is 217 g/mol. The molecular formula is C12H11NO3. The zero-order valence-electron chi connectivity index (χ0n) is 8.90. The van der Waals surface area contributed by atoms with Gasteiger partial charge in [0, 0.05) is 6.42 Å². The fourth-order valence-electron chi connectivity index (χ4n) is 1.36. The van der Waals surface area contributed by atoms with Crippen LogP contribution in [0, 0.1) is 11.3 Å². The van der Waals surface area contributed by atoms with Crippen molar-refractivity contribution in [2.75, 3.05) is 7.11 Å². The van der Waals surface area contributed by atoms with Gasteiger partial charge < -0.3 is 9.53 Å². The summed E-state index contributed by atoms with van der Waals surface area (Å²) in [5.41, 5.74) is 1.51. The number of benzene rings is 1. The molecular weight excluding hydrogens is 206 g/mol. The van der Waals surface area contributed by atoms with E-state index in [0.29, 0.717) is 24.0 Å². The zero-order chi connectivity index (χ0) is 12.0. The van der Waals surface area contributed by atoms with Crippen LogP contribution in [0.15, 0.2) is 18.2 Å². The Balaban J connectivity index is 3.06. The van der Waals surface area contributed by atoms with Gasteiger partial charge in [-0.05, 0) is 30.2 Å². The zero-order valence-corrected chi connectivity index (χ0v) is 8.90. The number of carbonyl (C=O) groups is 2. The number of methoxy groups -OCH3 is 1. The highest BCUT2D eigenvalue weighted by atomic mass is 16.5. The molecule has 0 unspecified atom stereocenters. The summed E-state index contributed by atoms with van der Waals surface area (Å²) in [6.07, 6.45) is 1.69. The molecule has 0 aliphatic rings. The second-order valence-electron chi connectivity index (χ2n) is 3.23. The number of aryl methyl sites for hydroxylation is 1. The molecule has 0 saturated heterocycles. The van der Waals surface area contributed by atoms with E-state index in [4.69, 9.17) is 5.26 Å². The Labute approximate surface area is 93.5 Å². The number of hydrogen-bond acceptors (Lipinski definition) is 4. The lowest BCUT2D eigenvalue weighted by Crippen LogP contribution is -2.03. The second-order valence-corrected chi connectivity index (χ2v) is 3.23. The first-order chi connectivity index (χ1) is 7.71. The van der Waals surface area contributed by atoms with E-state index in [9.17, 15) is 9.59 Å². The Hall–Kier alpha value is -2.15. The van der Waals surface area contributed by atoms with Crippen LogP contribution in [0.25, 0.3) is 0 Å². The smallest absolute Gasteiger partial charge is 0.337 e. The van der Waals surface area contributed by atoms with Crippen molar-refractivity contribution in [3.05, 3.63) is 34.9 Å². The summed E-state index contributed by atoms with van der Waals surface area (Å²) in [5, 5.41) is 8.79. The van der Waals surface area contributed by atoms with Crippen molar-refractivity contribution < 1.29 is 14.3 Å². The molecule has 0 aliphatic heterocycles. The van der Waals surface area contributed by atoms with Gasteiger partial charge >= 0.3 is 5.97 Å². The van der Waals surface area contributed by atoms with Crippen LogP contribution in [0.1, 0.15) is 27.9 Å². The van der Waals surface area contributed by atoms with E-state index in [1.54, 1.807) is 12.1 Å². The van der Waals surface area contributed by atoms with Crippen LogP contribution in [0.3, 0.4) is 0 Å². The van der Waals surface area contributed by atoms with Gasteiger partial charge in [-0.1, -0.05) is 0 Å². The van der Waals surface area contributed by atoms with Crippen molar-refractivity contribution in [2.45, 2.75) is 12.8 Å². The molecule has 0 atom stereocenters. The van der Waals surface area contributed by atoms with Crippen molar-refractivity contribution in [3.63, 3.8) is 0 Å². The van der Waals surface area contributed by atoms with Gasteiger partial charge in [0.1, 0.15) is 6.29 Å². The molecule has 0 heterocycles. The Bertz CT molecular complexity index is 446. The lowest BCUT2D eigenvalue weighted by Gasteiger charge is -2.03. The van der Waals surface area contributed by atoms with Crippen molar-refractivity contribution in [2.24, 2.45) is 0 Å². The molecule has 16 heavy (non-hydrogen) atoms. The minimum atomic E-state index is -0.482. The first-order valence-electron chi connectivity index (χ1n) is 4.77. The van der Waals surface area contributed by atoms with Crippen LogP contribution < -0.4 is 0 Å². The second kappa shape index (κ2) is 5.66. The first-order valence-corrected chi connectivity index (χ1v) is 4.77. The predicted octanol–water partition coefficient (Wildman–Crippen LogP) is 1.48. The molecule has 0 aromatic heterocycles. The number of aldehydes is 1. The van der Waals surface area contributed by atoms with Gasteiger partial charge in [-0.2, -0.15) is 5.26 Å². The van der Waals surface area contributed by atoms with Crippen LogP contribution in [-0.4, -0.2) is 19.4 Å². The molecule has 0 amide bonds. The fraction of sp³-hybridized carbons (Fsp3) is 0.250. The minimum absolute atomic E-state index is 0.336. The van der Waals surface area contributed by atoms with Crippen molar-refractivity contribution >= 4 is 12.3 Å². The normalized spacial score (nSPS) is 9.25. The summed E-state index contributed by atoms with van der Waals surface area (Å²) in [6.45, 7) is 0. The van der Waals surface area contributed by atoms with E-state index in [1.165, 1.54) is 13.2 Å². The van der Waals surface area contributed by atoms with E-state index < -0.39 is 5.97 Å². The molecule has 0 bridgehead atoms. The highest BCUT2D eigenvalue weighted by Crippen LogP contribution is 2.12. The summed E-state index contributed by atoms with van der Waals surface area (Å²) in [7, 11) is 1.28. The van der Waals surface area contributed by atoms with Gasteiger partial charge in [0.25, 0.3) is 0 Å². The highest BCUT2D eigenvalue weighted by molar-refractivity contribution is 5.90. The number of hydrogen-bond donors (Lipinski definition) is 0. The summed E-state index contributed by atoms with van der Waals surface area (Å²) in [4.78, 5) is 21.6. The van der Waals surface area contributed by atoms with Crippen LogP contribution >= 0.6 is 0 Å². The minimum Gasteiger partial charge on any atom is -0.465 e. The predicted molar refractivity (Wildman–Crippen MR) is 56.9 cm³/mol. The number of ether oxygens (including phenoxy) is 1. The van der Waals surface area contributed by atoms with E-state index in [2.05, 4.69) is 4.74 Å². The van der Waals surface area contributed by atoms with Crippen molar-refractivity contribution in [1.29, 1.82) is 5.26 Å². The van der Waals surface area contributed by atoms with Gasteiger partial charge in [-0.15, -0.1) is 0 Å². The molecule has 4 nitrogen and oxygen atoms in total. The van der Waals surface area contributed by atoms with Crippen molar-refractivity contribution in [3.8, 4) is 6.07 Å². The Morgan fingerprint density at radius 2 is 2.25 bits per heavy atom. The molecule has 82 valence electrons. The first kappa shape index (κ1) is 11.9. The number of rotatable bonds is 4. The molecule has 1 rings (SSSR count). The summed E-state index contributed by atoms with van der Waals surface area (Å²) < 4.78 is 4.58. The Morgan fingerprint density at radius 1 is 1.50 bits per heavy atom. The summed E-state index contributed by atoms with van der Waals surface area (Å²) in [6, 6.07) is 6.73. The molecule has 0 N–H and O–H groups in total. The average Bonchev–Trinajstić information content (AvgIpc) is 2.34. The molecule has 1 aromatic rings. The third kappa shape index (κ3) is 2.92. The number of carbonyl (C=O) groups excluding carboxylic acids is 2. The summed E-state index contributed by atoms with van der Waals surface area (Å²) in [5.74, 6) is -0.482. The third-order valence-corrected chi connectivity index (χ3v) is 2.09. The standard InChI is InChI=1S/C12H11NO3/c1-16-12(15)11-6-9(3-2-4-14)5-10(7-11)8-13/h4-7H,2-3H2,1H3. The van der Waals surface area contributed by atoms with Gasteiger partial charge in [0.2, 0.25) is 0 Å². The molecule has 0 fully saturated rings. The van der Waals surface area contributed by atoms with E-state index in [0.717, 1.165) is 11.8 Å². The highest BCUT2D eigenvalue weighted by Gasteiger charge is 2.08. The molecule has 1 aromatic carbocycles.